The lowest BCUT2D eigenvalue weighted by atomic mass is 10.1. The van der Waals surface area contributed by atoms with Gasteiger partial charge >= 0.3 is 0 Å². The lowest BCUT2D eigenvalue weighted by Gasteiger charge is -2.28. The highest BCUT2D eigenvalue weighted by Crippen LogP contribution is 2.24. The largest absolute Gasteiger partial charge is 0.369 e. The van der Waals surface area contributed by atoms with Gasteiger partial charge in [0, 0.05) is 26.2 Å². The molecular weight excluding hydrogens is 266 g/mol. The summed E-state index contributed by atoms with van der Waals surface area (Å²) in [5.74, 6) is 1.46. The fourth-order valence-corrected chi connectivity index (χ4v) is 2.66. The van der Waals surface area contributed by atoms with Crippen LogP contribution in [0.2, 0.25) is 0 Å². The van der Waals surface area contributed by atoms with Crippen LogP contribution in [0.1, 0.15) is 30.3 Å². The minimum Gasteiger partial charge on any atom is -0.369 e. The van der Waals surface area contributed by atoms with Crippen molar-refractivity contribution in [1.82, 2.24) is 15.2 Å². The minimum absolute atomic E-state index is 0.223. The average Bonchev–Trinajstić information content (AvgIpc) is 2.99. The highest BCUT2D eigenvalue weighted by molar-refractivity contribution is 5.32. The fourth-order valence-electron chi connectivity index (χ4n) is 2.66. The van der Waals surface area contributed by atoms with Crippen LogP contribution in [-0.2, 0) is 4.74 Å². The fraction of sp³-hybridized carbons (Fsp3) is 0.467. The second-order valence-electron chi connectivity index (χ2n) is 5.37. The van der Waals surface area contributed by atoms with Crippen molar-refractivity contribution in [2.24, 2.45) is 5.73 Å². The van der Waals surface area contributed by atoms with Gasteiger partial charge in [-0.15, -0.1) is 5.10 Å². The Hall–Kier alpha value is -1.92. The number of aromatic nitrogens is 3. The molecule has 0 spiro atoms. The summed E-state index contributed by atoms with van der Waals surface area (Å²) >= 11 is 0. The molecule has 112 valence electrons. The van der Waals surface area contributed by atoms with Gasteiger partial charge in [-0.2, -0.15) is 4.98 Å². The highest BCUT2D eigenvalue weighted by atomic mass is 16.5. The molecular formula is C15H21N5O. The molecule has 1 aliphatic rings. The van der Waals surface area contributed by atoms with Gasteiger partial charge in [-0.1, -0.05) is 30.3 Å². The van der Waals surface area contributed by atoms with Crippen LogP contribution in [0.15, 0.2) is 30.3 Å². The first-order valence-electron chi connectivity index (χ1n) is 7.28. The molecule has 0 radical (unpaired) electrons. The molecule has 3 rings (SSSR count). The third-order valence-corrected chi connectivity index (χ3v) is 3.90. The molecule has 0 aliphatic carbocycles. The molecule has 2 heterocycles. The van der Waals surface area contributed by atoms with Gasteiger partial charge in [-0.05, 0) is 18.4 Å². The van der Waals surface area contributed by atoms with E-state index in [4.69, 9.17) is 10.5 Å². The smallest absolute Gasteiger partial charge is 0.244 e. The van der Waals surface area contributed by atoms with Gasteiger partial charge in [0.2, 0.25) is 5.95 Å². The number of ether oxygens (including phenoxy) is 1. The number of hydrogen-bond acceptors (Lipinski definition) is 5. The molecule has 6 nitrogen and oxygen atoms in total. The van der Waals surface area contributed by atoms with Crippen molar-refractivity contribution in [1.29, 1.82) is 0 Å². The third kappa shape index (κ3) is 3.06. The van der Waals surface area contributed by atoms with Crippen molar-refractivity contribution in [3.8, 4) is 0 Å². The molecule has 21 heavy (non-hydrogen) atoms. The molecule has 0 bridgehead atoms. The maximum atomic E-state index is 5.93. The monoisotopic (exact) mass is 287 g/mol. The van der Waals surface area contributed by atoms with E-state index in [1.54, 1.807) is 7.11 Å². The van der Waals surface area contributed by atoms with E-state index in [0.29, 0.717) is 6.04 Å². The van der Waals surface area contributed by atoms with Crippen molar-refractivity contribution in [2.45, 2.75) is 25.0 Å². The molecule has 1 fully saturated rings. The third-order valence-electron chi connectivity index (χ3n) is 3.90. The summed E-state index contributed by atoms with van der Waals surface area (Å²) in [7, 11) is 1.68. The maximum absolute atomic E-state index is 5.93. The first-order chi connectivity index (χ1) is 10.3. The molecule has 0 amide bonds. The molecule has 1 atom stereocenters. The maximum Gasteiger partial charge on any atom is 0.244 e. The number of methoxy groups -OCH3 is 1. The van der Waals surface area contributed by atoms with Gasteiger partial charge in [-0.25, -0.2) is 0 Å². The van der Waals surface area contributed by atoms with Gasteiger partial charge in [0.15, 0.2) is 5.82 Å². The van der Waals surface area contributed by atoms with Crippen molar-refractivity contribution in [3.05, 3.63) is 41.7 Å². The van der Waals surface area contributed by atoms with Crippen molar-refractivity contribution in [2.75, 3.05) is 25.1 Å². The van der Waals surface area contributed by atoms with Gasteiger partial charge in [0.05, 0.1) is 0 Å². The molecule has 2 aromatic rings. The Morgan fingerprint density at radius 2 is 2.00 bits per heavy atom. The zero-order valence-corrected chi connectivity index (χ0v) is 12.2. The highest BCUT2D eigenvalue weighted by Gasteiger charge is 2.22. The number of nitrogens with two attached hydrogens (primary N) is 1. The SMILES string of the molecule is COC(c1ccccc1)c1nc(N2CCC(N)CC2)n[nH]1. The summed E-state index contributed by atoms with van der Waals surface area (Å²) in [6, 6.07) is 10.3. The van der Waals surface area contributed by atoms with Gasteiger partial charge in [-0.3, -0.25) is 5.10 Å². The van der Waals surface area contributed by atoms with Gasteiger partial charge < -0.3 is 15.4 Å². The Labute approximate surface area is 124 Å². The number of anilines is 1. The van der Waals surface area contributed by atoms with E-state index in [1.807, 2.05) is 30.3 Å². The number of piperidine rings is 1. The Balaban J connectivity index is 1.77. The van der Waals surface area contributed by atoms with Gasteiger partial charge in [0.25, 0.3) is 0 Å². The van der Waals surface area contributed by atoms with Crippen LogP contribution in [0.25, 0.3) is 0 Å². The Bertz CT molecular complexity index is 562. The summed E-state index contributed by atoms with van der Waals surface area (Å²) < 4.78 is 5.57. The molecule has 1 unspecified atom stereocenters. The Morgan fingerprint density at radius 3 is 2.67 bits per heavy atom. The van der Waals surface area contributed by atoms with Crippen LogP contribution in [0.3, 0.4) is 0 Å². The van der Waals surface area contributed by atoms with Crippen LogP contribution in [-0.4, -0.2) is 41.4 Å². The normalized spacial score (nSPS) is 17.9. The molecule has 1 aromatic heterocycles. The van der Waals surface area contributed by atoms with E-state index >= 15 is 0 Å². The summed E-state index contributed by atoms with van der Waals surface area (Å²) in [5.41, 5.74) is 6.99. The topological polar surface area (TPSA) is 80.1 Å². The lowest BCUT2D eigenvalue weighted by Crippen LogP contribution is -2.40. The zero-order chi connectivity index (χ0) is 14.7. The predicted molar refractivity (Wildman–Crippen MR) is 81.1 cm³/mol. The van der Waals surface area contributed by atoms with Gasteiger partial charge in [0.1, 0.15) is 6.10 Å². The number of nitrogens with one attached hydrogen (secondary N) is 1. The zero-order valence-electron chi connectivity index (χ0n) is 12.2. The molecule has 1 saturated heterocycles. The van der Waals surface area contributed by atoms with E-state index in [1.165, 1.54) is 0 Å². The molecule has 1 aliphatic heterocycles. The van der Waals surface area contributed by atoms with E-state index in [9.17, 15) is 0 Å². The van der Waals surface area contributed by atoms with Crippen molar-refractivity contribution in [3.63, 3.8) is 0 Å². The first kappa shape index (κ1) is 14.0. The van der Waals surface area contributed by atoms with E-state index in [2.05, 4.69) is 20.1 Å². The second-order valence-corrected chi connectivity index (χ2v) is 5.37. The van der Waals surface area contributed by atoms with Crippen LogP contribution in [0.5, 0.6) is 0 Å². The minimum atomic E-state index is -0.223. The van der Waals surface area contributed by atoms with Crippen LogP contribution in [0.4, 0.5) is 5.95 Å². The Morgan fingerprint density at radius 1 is 1.29 bits per heavy atom. The summed E-state index contributed by atoms with van der Waals surface area (Å²) in [6.07, 6.45) is 1.74. The number of rotatable bonds is 4. The molecule has 1 aromatic carbocycles. The summed E-state index contributed by atoms with van der Waals surface area (Å²) in [6.45, 7) is 1.81. The van der Waals surface area contributed by atoms with Crippen LogP contribution < -0.4 is 10.6 Å². The van der Waals surface area contributed by atoms with Crippen molar-refractivity contribution >= 4 is 5.95 Å². The molecule has 6 heteroatoms. The van der Waals surface area contributed by atoms with E-state index < -0.39 is 0 Å². The molecule has 0 saturated carbocycles. The van der Waals surface area contributed by atoms with E-state index in [0.717, 1.165) is 43.3 Å². The summed E-state index contributed by atoms with van der Waals surface area (Å²) in [5, 5.41) is 7.33. The number of nitrogens with zero attached hydrogens (tertiary/aromatic N) is 3. The number of H-pyrrole nitrogens is 1. The quantitative estimate of drug-likeness (QED) is 0.890. The average molecular weight is 287 g/mol. The van der Waals surface area contributed by atoms with E-state index in [-0.39, 0.29) is 6.10 Å². The number of benzene rings is 1. The number of aromatic amines is 1. The lowest BCUT2D eigenvalue weighted by molar-refractivity contribution is 0.129. The Kier molecular flexibility index (Phi) is 4.17. The standard InChI is InChI=1S/C15H21N5O/c1-21-13(11-5-3-2-4-6-11)14-17-15(19-18-14)20-9-7-12(16)8-10-20/h2-6,12-13H,7-10,16H2,1H3,(H,17,18,19). The van der Waals surface area contributed by atoms with Crippen molar-refractivity contribution < 1.29 is 4.74 Å². The van der Waals surface area contributed by atoms with Crippen LogP contribution >= 0.6 is 0 Å². The number of hydrogen-bond donors (Lipinski definition) is 2. The summed E-state index contributed by atoms with van der Waals surface area (Å²) in [4.78, 5) is 6.77. The second kappa shape index (κ2) is 6.24. The first-order valence-corrected chi connectivity index (χ1v) is 7.28. The molecule has 3 N–H and O–H groups in total. The van der Waals surface area contributed by atoms with Crippen LogP contribution in [0, 0.1) is 0 Å². The predicted octanol–water partition coefficient (Wildman–Crippen LogP) is 1.47.